The highest BCUT2D eigenvalue weighted by Crippen LogP contribution is 2.30. The number of anilines is 1. The Balaban J connectivity index is 2.70. The summed E-state index contributed by atoms with van der Waals surface area (Å²) in [5.41, 5.74) is 0.608. The van der Waals surface area contributed by atoms with Crippen LogP contribution >= 0.6 is 15.9 Å². The molecule has 1 rings (SSSR count). The van der Waals surface area contributed by atoms with E-state index in [4.69, 9.17) is 0 Å². The molecule has 0 saturated carbocycles. The molecule has 0 aromatic carbocycles. The lowest BCUT2D eigenvalue weighted by Crippen LogP contribution is -2.31. The smallest absolute Gasteiger partial charge is 0.291 e. The van der Waals surface area contributed by atoms with Crippen molar-refractivity contribution in [2.75, 3.05) is 25.5 Å². The topological polar surface area (TPSA) is 71.3 Å². The SMILES string of the molecule is Cc1c([N+](=O)[O-])cnc(NCCN(C)C(C)C)c1Br. The molecule has 7 heteroatoms. The largest absolute Gasteiger partial charge is 0.368 e. The summed E-state index contributed by atoms with van der Waals surface area (Å²) in [4.78, 5) is 16.6. The molecule has 0 aliphatic rings. The van der Waals surface area contributed by atoms with Crippen molar-refractivity contribution < 1.29 is 4.92 Å². The number of aromatic nitrogens is 1. The van der Waals surface area contributed by atoms with Gasteiger partial charge in [-0.15, -0.1) is 0 Å². The van der Waals surface area contributed by atoms with Crippen LogP contribution in [0.25, 0.3) is 0 Å². The fourth-order valence-electron chi connectivity index (χ4n) is 1.49. The van der Waals surface area contributed by atoms with Crippen LogP contribution in [0.5, 0.6) is 0 Å². The monoisotopic (exact) mass is 330 g/mol. The molecule has 0 aliphatic heterocycles. The van der Waals surface area contributed by atoms with E-state index in [1.165, 1.54) is 6.20 Å². The van der Waals surface area contributed by atoms with Gasteiger partial charge in [0, 0.05) is 24.7 Å². The molecule has 1 N–H and O–H groups in total. The van der Waals surface area contributed by atoms with E-state index in [1.54, 1.807) is 6.92 Å². The van der Waals surface area contributed by atoms with Gasteiger partial charge in [0.1, 0.15) is 12.0 Å². The van der Waals surface area contributed by atoms with Crippen LogP contribution in [-0.2, 0) is 0 Å². The van der Waals surface area contributed by atoms with Gasteiger partial charge >= 0.3 is 0 Å². The summed E-state index contributed by atoms with van der Waals surface area (Å²) in [5.74, 6) is 0.639. The summed E-state index contributed by atoms with van der Waals surface area (Å²) >= 11 is 3.35. The van der Waals surface area contributed by atoms with Crippen LogP contribution in [-0.4, -0.2) is 41.0 Å². The van der Waals surface area contributed by atoms with Crippen molar-refractivity contribution in [2.45, 2.75) is 26.8 Å². The van der Waals surface area contributed by atoms with Gasteiger partial charge in [-0.3, -0.25) is 10.1 Å². The summed E-state index contributed by atoms with van der Waals surface area (Å²) in [7, 11) is 2.05. The second-order valence-electron chi connectivity index (χ2n) is 4.69. The number of pyridine rings is 1. The highest BCUT2D eigenvalue weighted by molar-refractivity contribution is 9.10. The van der Waals surface area contributed by atoms with Gasteiger partial charge in [0.05, 0.1) is 9.40 Å². The maximum Gasteiger partial charge on any atom is 0.291 e. The molecule has 0 amide bonds. The highest BCUT2D eigenvalue weighted by Gasteiger charge is 2.16. The number of likely N-dealkylation sites (N-methyl/N-ethyl adjacent to an activating group) is 1. The third kappa shape index (κ3) is 4.14. The number of nitro groups is 1. The van der Waals surface area contributed by atoms with Crippen molar-refractivity contribution in [1.82, 2.24) is 9.88 Å². The zero-order chi connectivity index (χ0) is 14.6. The van der Waals surface area contributed by atoms with Crippen LogP contribution in [0.15, 0.2) is 10.7 Å². The van der Waals surface area contributed by atoms with Crippen molar-refractivity contribution in [1.29, 1.82) is 0 Å². The van der Waals surface area contributed by atoms with Crippen LogP contribution in [0, 0.1) is 17.0 Å². The first-order valence-corrected chi connectivity index (χ1v) is 6.87. The van der Waals surface area contributed by atoms with E-state index >= 15 is 0 Å². The molecule has 1 heterocycles. The van der Waals surface area contributed by atoms with E-state index in [1.807, 2.05) is 0 Å². The lowest BCUT2D eigenvalue weighted by molar-refractivity contribution is -0.385. The van der Waals surface area contributed by atoms with E-state index in [0.29, 0.717) is 21.9 Å². The lowest BCUT2D eigenvalue weighted by atomic mass is 10.2. The van der Waals surface area contributed by atoms with Crippen LogP contribution in [0.2, 0.25) is 0 Å². The molecule has 106 valence electrons. The Hall–Kier alpha value is -1.21. The zero-order valence-corrected chi connectivity index (χ0v) is 13.2. The van der Waals surface area contributed by atoms with Gasteiger partial charge in [-0.1, -0.05) is 0 Å². The minimum Gasteiger partial charge on any atom is -0.368 e. The fourth-order valence-corrected chi connectivity index (χ4v) is 1.93. The first kappa shape index (κ1) is 15.8. The zero-order valence-electron chi connectivity index (χ0n) is 11.6. The number of nitrogens with zero attached hydrogens (tertiary/aromatic N) is 3. The number of hydrogen-bond acceptors (Lipinski definition) is 5. The third-order valence-electron chi connectivity index (χ3n) is 3.07. The van der Waals surface area contributed by atoms with Gasteiger partial charge in [0.2, 0.25) is 0 Å². The van der Waals surface area contributed by atoms with Crippen LogP contribution in [0.3, 0.4) is 0 Å². The number of nitrogens with one attached hydrogen (secondary N) is 1. The molecule has 19 heavy (non-hydrogen) atoms. The summed E-state index contributed by atoms with van der Waals surface area (Å²) in [6.07, 6.45) is 1.29. The molecule has 0 radical (unpaired) electrons. The van der Waals surface area contributed by atoms with Crippen molar-refractivity contribution in [3.05, 3.63) is 26.3 Å². The van der Waals surface area contributed by atoms with E-state index in [2.05, 4.69) is 52.0 Å². The van der Waals surface area contributed by atoms with Gasteiger partial charge in [-0.25, -0.2) is 4.98 Å². The van der Waals surface area contributed by atoms with Gasteiger partial charge in [0.25, 0.3) is 5.69 Å². The van der Waals surface area contributed by atoms with Crippen molar-refractivity contribution in [2.24, 2.45) is 0 Å². The molecule has 0 fully saturated rings. The molecule has 0 aliphatic carbocycles. The molecule has 0 spiro atoms. The second kappa shape index (κ2) is 6.81. The van der Waals surface area contributed by atoms with Gasteiger partial charge in [-0.2, -0.15) is 0 Å². The molecule has 6 nitrogen and oxygen atoms in total. The van der Waals surface area contributed by atoms with Gasteiger partial charge in [0.15, 0.2) is 0 Å². The highest BCUT2D eigenvalue weighted by atomic mass is 79.9. The number of rotatable bonds is 6. The Morgan fingerprint density at radius 2 is 2.21 bits per heavy atom. The van der Waals surface area contributed by atoms with E-state index in [0.717, 1.165) is 13.1 Å². The molecular formula is C12H19BrN4O2. The Morgan fingerprint density at radius 3 is 2.74 bits per heavy atom. The average molecular weight is 331 g/mol. The van der Waals surface area contributed by atoms with E-state index in [9.17, 15) is 10.1 Å². The summed E-state index contributed by atoms with van der Waals surface area (Å²) in [6, 6.07) is 0.483. The third-order valence-corrected chi connectivity index (χ3v) is 4.04. The molecule has 1 aromatic rings. The standard InChI is InChI=1S/C12H19BrN4O2/c1-8(2)16(4)6-5-14-12-11(13)9(3)10(7-15-12)17(18)19/h7-8H,5-6H2,1-4H3,(H,14,15). The molecular weight excluding hydrogens is 312 g/mol. The van der Waals surface area contributed by atoms with Crippen LogP contribution in [0.4, 0.5) is 11.5 Å². The van der Waals surface area contributed by atoms with E-state index in [-0.39, 0.29) is 5.69 Å². The van der Waals surface area contributed by atoms with Crippen molar-refractivity contribution >= 4 is 27.4 Å². The minimum absolute atomic E-state index is 0.0247. The number of hydrogen-bond donors (Lipinski definition) is 1. The summed E-state index contributed by atoms with van der Waals surface area (Å²) < 4.78 is 0.647. The maximum absolute atomic E-state index is 10.8. The predicted octanol–water partition coefficient (Wildman–Crippen LogP) is 2.81. The fraction of sp³-hybridized carbons (Fsp3) is 0.583. The lowest BCUT2D eigenvalue weighted by Gasteiger charge is -2.21. The molecule has 0 bridgehead atoms. The van der Waals surface area contributed by atoms with Gasteiger partial charge < -0.3 is 10.2 Å². The molecule has 0 unspecified atom stereocenters. The quantitative estimate of drug-likeness (QED) is 0.641. The van der Waals surface area contributed by atoms with Crippen LogP contribution in [0.1, 0.15) is 19.4 Å². The van der Waals surface area contributed by atoms with Gasteiger partial charge in [-0.05, 0) is 43.7 Å². The summed E-state index contributed by atoms with van der Waals surface area (Å²) in [5, 5.41) is 14.0. The average Bonchev–Trinajstić information content (AvgIpc) is 2.33. The molecule has 0 saturated heterocycles. The molecule has 0 atom stereocenters. The summed E-state index contributed by atoms with van der Waals surface area (Å²) in [6.45, 7) is 7.57. The Morgan fingerprint density at radius 1 is 1.58 bits per heavy atom. The Bertz CT molecular complexity index is 465. The minimum atomic E-state index is -0.427. The van der Waals surface area contributed by atoms with Crippen molar-refractivity contribution in [3.8, 4) is 0 Å². The first-order valence-electron chi connectivity index (χ1n) is 6.08. The van der Waals surface area contributed by atoms with Crippen molar-refractivity contribution in [3.63, 3.8) is 0 Å². The Kier molecular flexibility index (Phi) is 5.68. The normalized spacial score (nSPS) is 11.1. The molecule has 1 aromatic heterocycles. The first-order chi connectivity index (χ1) is 8.84. The predicted molar refractivity (Wildman–Crippen MR) is 79.6 cm³/mol. The Labute approximate surface area is 121 Å². The van der Waals surface area contributed by atoms with E-state index < -0.39 is 4.92 Å². The second-order valence-corrected chi connectivity index (χ2v) is 5.48. The van der Waals surface area contributed by atoms with Crippen LogP contribution < -0.4 is 5.32 Å². The maximum atomic E-state index is 10.8. The number of halogens is 1.